The zero-order valence-corrected chi connectivity index (χ0v) is 23.5. The lowest BCUT2D eigenvalue weighted by atomic mass is 9.83. The molecule has 4 aromatic rings. The molecule has 0 saturated heterocycles. The maximum absolute atomic E-state index is 12.6. The number of carbonyl (C=O) groups excluding carboxylic acids is 1. The topological polar surface area (TPSA) is 104 Å². The first-order chi connectivity index (χ1) is 19.4. The van der Waals surface area contributed by atoms with E-state index in [2.05, 4.69) is 22.0 Å². The quantitative estimate of drug-likeness (QED) is 0.174. The molecule has 7 nitrogen and oxygen atoms in total. The molecule has 5 rings (SSSR count). The molecule has 2 N–H and O–H groups in total. The van der Waals surface area contributed by atoms with E-state index in [4.69, 9.17) is 36.3 Å². The summed E-state index contributed by atoms with van der Waals surface area (Å²) in [5.41, 5.74) is 9.08. The first-order valence-corrected chi connectivity index (χ1v) is 13.3. The molecule has 0 spiro atoms. The van der Waals surface area contributed by atoms with Crippen molar-refractivity contribution in [1.29, 1.82) is 5.26 Å². The number of ether oxygens (including phenoxy) is 4. The number of hydrogen-bond donors (Lipinski definition) is 1. The Bertz CT molecular complexity index is 1660. The Morgan fingerprint density at radius 2 is 1.82 bits per heavy atom. The van der Waals surface area contributed by atoms with Crippen molar-refractivity contribution in [3.63, 3.8) is 0 Å². The Morgan fingerprint density at radius 3 is 2.55 bits per heavy atom. The van der Waals surface area contributed by atoms with Crippen LogP contribution in [0.4, 0.5) is 0 Å². The summed E-state index contributed by atoms with van der Waals surface area (Å²) in [4.78, 5) is 12.6. The van der Waals surface area contributed by atoms with Gasteiger partial charge in [-0.25, -0.2) is 4.79 Å². The predicted octanol–water partition coefficient (Wildman–Crippen LogP) is 7.13. The molecule has 200 valence electrons. The average Bonchev–Trinajstić information content (AvgIpc) is 2.96. The minimum Gasteiger partial charge on any atom is -0.493 e. The van der Waals surface area contributed by atoms with E-state index in [0.29, 0.717) is 33.4 Å². The number of esters is 1. The van der Waals surface area contributed by atoms with Gasteiger partial charge in [-0.1, -0.05) is 57.9 Å². The third-order valence-electron chi connectivity index (χ3n) is 6.34. The van der Waals surface area contributed by atoms with Gasteiger partial charge < -0.3 is 24.7 Å². The molecule has 1 unspecified atom stereocenters. The Balaban J connectivity index is 1.44. The third-order valence-corrected chi connectivity index (χ3v) is 7.24. The standard InChI is InChI=1S/C31H22BrClN2O5/c1-37-28-14-19(8-13-26(28)38-17-20-4-2-3-5-25(20)33)29-23-12-11-22(15-27(23)40-30(35)24(29)16-34)39-31(36)18-6-9-21(32)10-7-18/h2-15,29H,17,35H2,1H3. The van der Waals surface area contributed by atoms with E-state index in [1.165, 1.54) is 0 Å². The maximum Gasteiger partial charge on any atom is 0.343 e. The number of rotatable bonds is 7. The first kappa shape index (κ1) is 27.1. The van der Waals surface area contributed by atoms with Gasteiger partial charge in [0.2, 0.25) is 5.88 Å². The molecule has 4 aromatic carbocycles. The number of carbonyl (C=O) groups is 1. The Kier molecular flexibility index (Phi) is 7.96. The van der Waals surface area contributed by atoms with Crippen molar-refractivity contribution in [2.24, 2.45) is 5.73 Å². The van der Waals surface area contributed by atoms with Crippen LogP contribution in [0.15, 0.2) is 101 Å². The normalized spacial score (nSPS) is 14.0. The monoisotopic (exact) mass is 616 g/mol. The fourth-order valence-electron chi connectivity index (χ4n) is 4.35. The van der Waals surface area contributed by atoms with Gasteiger partial charge in [0.05, 0.1) is 18.6 Å². The van der Waals surface area contributed by atoms with Gasteiger partial charge in [0.1, 0.15) is 29.7 Å². The molecule has 9 heteroatoms. The number of methoxy groups -OCH3 is 1. The predicted molar refractivity (Wildman–Crippen MR) is 154 cm³/mol. The van der Waals surface area contributed by atoms with Gasteiger partial charge in [-0.3, -0.25) is 0 Å². The second kappa shape index (κ2) is 11.7. The van der Waals surface area contributed by atoms with Crippen molar-refractivity contribution in [1.82, 2.24) is 0 Å². The highest BCUT2D eigenvalue weighted by atomic mass is 79.9. The number of nitrogens with two attached hydrogens (primary N) is 1. The molecule has 0 radical (unpaired) electrons. The van der Waals surface area contributed by atoms with E-state index in [0.717, 1.165) is 15.6 Å². The van der Waals surface area contributed by atoms with Gasteiger partial charge in [0.15, 0.2) is 11.5 Å². The number of hydrogen-bond acceptors (Lipinski definition) is 7. The minimum atomic E-state index is -0.545. The average molecular weight is 618 g/mol. The van der Waals surface area contributed by atoms with E-state index in [1.807, 2.05) is 24.3 Å². The van der Waals surface area contributed by atoms with Crippen LogP contribution in [0.5, 0.6) is 23.0 Å². The molecule has 0 bridgehead atoms. The van der Waals surface area contributed by atoms with Crippen LogP contribution in [-0.2, 0) is 6.61 Å². The number of nitrogens with zero attached hydrogens (tertiary/aromatic N) is 1. The number of halogens is 2. The molecule has 40 heavy (non-hydrogen) atoms. The first-order valence-electron chi connectivity index (χ1n) is 12.1. The molecule has 1 aliphatic heterocycles. The Morgan fingerprint density at radius 1 is 1.05 bits per heavy atom. The summed E-state index contributed by atoms with van der Waals surface area (Å²) in [6.45, 7) is 0.257. The summed E-state index contributed by atoms with van der Waals surface area (Å²) in [6, 6.07) is 26.9. The fraction of sp³-hybridized carbons (Fsp3) is 0.0968. The van der Waals surface area contributed by atoms with Gasteiger partial charge in [0, 0.05) is 26.7 Å². The fourth-order valence-corrected chi connectivity index (χ4v) is 4.80. The summed E-state index contributed by atoms with van der Waals surface area (Å²) in [5.74, 6) is 0.557. The molecule has 0 saturated carbocycles. The van der Waals surface area contributed by atoms with Crippen molar-refractivity contribution in [3.8, 4) is 29.1 Å². The van der Waals surface area contributed by atoms with E-state index in [-0.39, 0.29) is 23.8 Å². The number of allylic oxidation sites excluding steroid dienone is 1. The van der Waals surface area contributed by atoms with Gasteiger partial charge in [-0.2, -0.15) is 5.26 Å². The van der Waals surface area contributed by atoms with Gasteiger partial charge >= 0.3 is 5.97 Å². The molecule has 1 heterocycles. The lowest BCUT2D eigenvalue weighted by molar-refractivity contribution is 0.0734. The summed E-state index contributed by atoms with van der Waals surface area (Å²) >= 11 is 9.61. The Labute approximate surface area is 244 Å². The molecule has 1 atom stereocenters. The molecule has 0 amide bonds. The maximum atomic E-state index is 12.6. The third kappa shape index (κ3) is 5.62. The van der Waals surface area contributed by atoms with Crippen LogP contribution in [0.2, 0.25) is 5.02 Å². The molecule has 0 aromatic heterocycles. The smallest absolute Gasteiger partial charge is 0.343 e. The van der Waals surface area contributed by atoms with Crippen molar-refractivity contribution >= 4 is 33.5 Å². The van der Waals surface area contributed by atoms with Crippen molar-refractivity contribution < 1.29 is 23.7 Å². The highest BCUT2D eigenvalue weighted by molar-refractivity contribution is 9.10. The van der Waals surface area contributed by atoms with Crippen molar-refractivity contribution in [2.75, 3.05) is 7.11 Å². The molecular formula is C31H22BrClN2O5. The van der Waals surface area contributed by atoms with Crippen LogP contribution in [0.3, 0.4) is 0 Å². The van der Waals surface area contributed by atoms with E-state index in [1.54, 1.807) is 67.8 Å². The van der Waals surface area contributed by atoms with Crippen molar-refractivity contribution in [2.45, 2.75) is 12.5 Å². The van der Waals surface area contributed by atoms with Crippen LogP contribution >= 0.6 is 27.5 Å². The highest BCUT2D eigenvalue weighted by Gasteiger charge is 2.32. The zero-order chi connectivity index (χ0) is 28.2. The van der Waals surface area contributed by atoms with E-state index < -0.39 is 11.9 Å². The lowest BCUT2D eigenvalue weighted by Gasteiger charge is -2.27. The van der Waals surface area contributed by atoms with E-state index >= 15 is 0 Å². The van der Waals surface area contributed by atoms with E-state index in [9.17, 15) is 10.1 Å². The minimum absolute atomic E-state index is 0.0330. The summed E-state index contributed by atoms with van der Waals surface area (Å²) in [7, 11) is 1.54. The summed E-state index contributed by atoms with van der Waals surface area (Å²) in [6.07, 6.45) is 0. The van der Waals surface area contributed by atoms with Crippen LogP contribution < -0.4 is 24.7 Å². The largest absolute Gasteiger partial charge is 0.493 e. The molecule has 0 aliphatic carbocycles. The van der Waals surface area contributed by atoms with Gasteiger partial charge in [0.25, 0.3) is 0 Å². The summed E-state index contributed by atoms with van der Waals surface area (Å²) in [5, 5.41) is 10.6. The number of nitriles is 1. The van der Waals surface area contributed by atoms with Gasteiger partial charge in [-0.15, -0.1) is 0 Å². The van der Waals surface area contributed by atoms with Crippen LogP contribution in [-0.4, -0.2) is 13.1 Å². The second-order valence-corrected chi connectivity index (χ2v) is 10.1. The van der Waals surface area contributed by atoms with Crippen LogP contribution in [0.1, 0.15) is 33.0 Å². The van der Waals surface area contributed by atoms with Gasteiger partial charge in [-0.05, 0) is 54.1 Å². The SMILES string of the molecule is COc1cc(C2C(C#N)=C(N)Oc3cc(OC(=O)c4ccc(Br)cc4)ccc32)ccc1OCc1ccccc1Cl. The van der Waals surface area contributed by atoms with Crippen LogP contribution in [0.25, 0.3) is 0 Å². The second-order valence-electron chi connectivity index (χ2n) is 8.81. The molecule has 0 fully saturated rings. The highest BCUT2D eigenvalue weighted by Crippen LogP contribution is 2.45. The zero-order valence-electron chi connectivity index (χ0n) is 21.2. The Hall–Kier alpha value is -4.45. The summed E-state index contributed by atoms with van der Waals surface area (Å²) < 4.78 is 23.8. The lowest BCUT2D eigenvalue weighted by Crippen LogP contribution is -2.21. The molecule has 1 aliphatic rings. The molecular weight excluding hydrogens is 596 g/mol. The van der Waals surface area contributed by atoms with Crippen molar-refractivity contribution in [3.05, 3.63) is 128 Å². The number of benzene rings is 4. The van der Waals surface area contributed by atoms with Crippen LogP contribution in [0, 0.1) is 11.3 Å². The number of fused-ring (bicyclic) bond motifs is 1.